The zero-order valence-electron chi connectivity index (χ0n) is 10.3. The third-order valence-electron chi connectivity index (χ3n) is 2.94. The lowest BCUT2D eigenvalue weighted by atomic mass is 10.0. The first kappa shape index (κ1) is 13.1. The maximum Gasteiger partial charge on any atom is 0.153 e. The molecule has 0 bridgehead atoms. The molecular weight excluding hydrogens is 340 g/mol. The molecule has 0 saturated heterocycles. The molecule has 0 atom stereocenters. The molecule has 100 valence electrons. The van der Waals surface area contributed by atoms with Gasteiger partial charge >= 0.3 is 0 Å². The predicted octanol–water partition coefficient (Wildman–Crippen LogP) is 4.14. The van der Waals surface area contributed by atoms with E-state index < -0.39 is 0 Å². The van der Waals surface area contributed by atoms with Crippen molar-refractivity contribution >= 4 is 33.3 Å². The van der Waals surface area contributed by atoms with Crippen LogP contribution in [0.1, 0.15) is 0 Å². The number of aromatic amines is 1. The highest BCUT2D eigenvalue weighted by Gasteiger charge is 2.16. The van der Waals surface area contributed by atoms with E-state index in [-0.39, 0.29) is 0 Å². The van der Waals surface area contributed by atoms with Gasteiger partial charge in [0.05, 0.1) is 16.3 Å². The second kappa shape index (κ2) is 5.26. The number of aromatic nitrogens is 3. The number of halogens is 2. The molecule has 2 heterocycles. The van der Waals surface area contributed by atoms with Crippen molar-refractivity contribution in [1.82, 2.24) is 15.2 Å². The Morgan fingerprint density at radius 2 is 2.10 bits per heavy atom. The molecule has 0 fully saturated rings. The molecule has 6 heteroatoms. The van der Waals surface area contributed by atoms with E-state index in [4.69, 9.17) is 17.3 Å². The zero-order chi connectivity index (χ0) is 14.1. The van der Waals surface area contributed by atoms with Gasteiger partial charge in [-0.2, -0.15) is 5.10 Å². The summed E-state index contributed by atoms with van der Waals surface area (Å²) >= 11 is 9.69. The van der Waals surface area contributed by atoms with E-state index in [1.807, 2.05) is 30.3 Å². The third-order valence-corrected chi connectivity index (χ3v) is 3.75. The van der Waals surface area contributed by atoms with Crippen LogP contribution in [-0.4, -0.2) is 15.2 Å². The first-order chi connectivity index (χ1) is 9.66. The van der Waals surface area contributed by atoms with E-state index >= 15 is 0 Å². The van der Waals surface area contributed by atoms with E-state index in [0.29, 0.717) is 10.8 Å². The van der Waals surface area contributed by atoms with Crippen molar-refractivity contribution in [3.05, 3.63) is 52.2 Å². The number of benzene rings is 1. The quantitative estimate of drug-likeness (QED) is 0.730. The van der Waals surface area contributed by atoms with Crippen LogP contribution in [0.4, 0.5) is 5.82 Å². The van der Waals surface area contributed by atoms with E-state index in [2.05, 4.69) is 31.1 Å². The van der Waals surface area contributed by atoms with Crippen molar-refractivity contribution in [2.24, 2.45) is 0 Å². The average Bonchev–Trinajstić information content (AvgIpc) is 2.81. The van der Waals surface area contributed by atoms with Crippen molar-refractivity contribution in [2.75, 3.05) is 5.73 Å². The fourth-order valence-electron chi connectivity index (χ4n) is 2.05. The Bertz CT molecular complexity index is 755. The van der Waals surface area contributed by atoms with Crippen molar-refractivity contribution in [2.45, 2.75) is 0 Å². The minimum absolute atomic E-state index is 0.423. The van der Waals surface area contributed by atoms with E-state index in [1.54, 1.807) is 12.4 Å². The smallest absolute Gasteiger partial charge is 0.153 e. The van der Waals surface area contributed by atoms with Crippen LogP contribution in [0, 0.1) is 0 Å². The van der Waals surface area contributed by atoms with Gasteiger partial charge in [-0.05, 0) is 18.2 Å². The Kier molecular flexibility index (Phi) is 3.46. The summed E-state index contributed by atoms with van der Waals surface area (Å²) in [4.78, 5) is 4.12. The van der Waals surface area contributed by atoms with Crippen LogP contribution < -0.4 is 5.73 Å². The maximum absolute atomic E-state index is 6.30. The molecule has 1 aromatic carbocycles. The van der Waals surface area contributed by atoms with Gasteiger partial charge in [-0.15, -0.1) is 0 Å². The fourth-order valence-corrected chi connectivity index (χ4v) is 2.81. The molecule has 0 saturated carbocycles. The maximum atomic E-state index is 6.30. The van der Waals surface area contributed by atoms with E-state index in [0.717, 1.165) is 26.9 Å². The lowest BCUT2D eigenvalue weighted by Gasteiger charge is -2.06. The van der Waals surface area contributed by atoms with E-state index in [1.165, 1.54) is 0 Å². The number of nitrogens with two attached hydrogens (primary N) is 1. The van der Waals surface area contributed by atoms with Crippen molar-refractivity contribution in [3.8, 4) is 22.4 Å². The van der Waals surface area contributed by atoms with Crippen LogP contribution in [0.25, 0.3) is 22.4 Å². The highest BCUT2D eigenvalue weighted by Crippen LogP contribution is 2.38. The zero-order valence-corrected chi connectivity index (χ0v) is 12.6. The lowest BCUT2D eigenvalue weighted by molar-refractivity contribution is 1.10. The van der Waals surface area contributed by atoms with Gasteiger partial charge in [0.2, 0.25) is 0 Å². The number of nitrogen functional groups attached to an aromatic ring is 1. The summed E-state index contributed by atoms with van der Waals surface area (Å²) in [6, 6.07) is 9.46. The minimum atomic E-state index is 0.423. The van der Waals surface area contributed by atoms with Crippen LogP contribution in [0.5, 0.6) is 0 Å². The molecule has 20 heavy (non-hydrogen) atoms. The topological polar surface area (TPSA) is 67.6 Å². The number of H-pyrrole nitrogens is 1. The molecular formula is C14H10BrClN4. The number of rotatable bonds is 2. The number of nitrogens with zero attached hydrogens (tertiary/aromatic N) is 2. The van der Waals surface area contributed by atoms with Gasteiger partial charge in [0.15, 0.2) is 5.82 Å². The molecule has 0 amide bonds. The summed E-state index contributed by atoms with van der Waals surface area (Å²) in [6.07, 6.45) is 3.46. The molecule has 0 aliphatic heterocycles. The second-order valence-corrected chi connectivity index (χ2v) is 5.55. The summed E-state index contributed by atoms with van der Waals surface area (Å²) < 4.78 is 0.918. The van der Waals surface area contributed by atoms with Crippen LogP contribution in [-0.2, 0) is 0 Å². The van der Waals surface area contributed by atoms with Crippen molar-refractivity contribution in [1.29, 1.82) is 0 Å². The molecule has 0 spiro atoms. The molecule has 0 aliphatic rings. The predicted molar refractivity (Wildman–Crippen MR) is 84.4 cm³/mol. The third kappa shape index (κ3) is 2.30. The number of pyridine rings is 1. The number of nitrogens with one attached hydrogen (secondary N) is 1. The Balaban J connectivity index is 2.21. The van der Waals surface area contributed by atoms with Gasteiger partial charge in [-0.1, -0.05) is 39.7 Å². The SMILES string of the molecule is Nc1n[nH]c(-c2ccc(Br)cc2Cl)c1-c1cccnc1. The van der Waals surface area contributed by atoms with Gasteiger partial charge in [-0.3, -0.25) is 10.1 Å². The van der Waals surface area contributed by atoms with Crippen molar-refractivity contribution in [3.63, 3.8) is 0 Å². The van der Waals surface area contributed by atoms with Gasteiger partial charge in [0.1, 0.15) is 0 Å². The monoisotopic (exact) mass is 348 g/mol. The highest BCUT2D eigenvalue weighted by atomic mass is 79.9. The van der Waals surface area contributed by atoms with Gasteiger partial charge in [0, 0.05) is 28.0 Å². The summed E-state index contributed by atoms with van der Waals surface area (Å²) in [5, 5.41) is 7.65. The normalized spacial score (nSPS) is 10.7. The minimum Gasteiger partial charge on any atom is -0.382 e. The van der Waals surface area contributed by atoms with Gasteiger partial charge < -0.3 is 5.73 Å². The molecule has 0 unspecified atom stereocenters. The van der Waals surface area contributed by atoms with Crippen molar-refractivity contribution < 1.29 is 0 Å². The van der Waals surface area contributed by atoms with Gasteiger partial charge in [0.25, 0.3) is 0 Å². The van der Waals surface area contributed by atoms with E-state index in [9.17, 15) is 0 Å². The number of hydrogen-bond acceptors (Lipinski definition) is 3. The van der Waals surface area contributed by atoms with Crippen LogP contribution >= 0.6 is 27.5 Å². The largest absolute Gasteiger partial charge is 0.382 e. The highest BCUT2D eigenvalue weighted by molar-refractivity contribution is 9.10. The Labute approximate surface area is 129 Å². The van der Waals surface area contributed by atoms with Crippen LogP contribution in [0.15, 0.2) is 47.2 Å². The molecule has 3 aromatic rings. The first-order valence-corrected chi connectivity index (χ1v) is 7.03. The molecule has 2 aromatic heterocycles. The average molecular weight is 350 g/mol. The van der Waals surface area contributed by atoms with Gasteiger partial charge in [-0.25, -0.2) is 0 Å². The Morgan fingerprint density at radius 3 is 2.80 bits per heavy atom. The summed E-state index contributed by atoms with van der Waals surface area (Å²) in [6.45, 7) is 0. The molecule has 4 nitrogen and oxygen atoms in total. The summed E-state index contributed by atoms with van der Waals surface area (Å²) in [5.74, 6) is 0.423. The van der Waals surface area contributed by atoms with Crippen LogP contribution in [0.3, 0.4) is 0 Å². The number of anilines is 1. The Morgan fingerprint density at radius 1 is 1.25 bits per heavy atom. The molecule has 0 radical (unpaired) electrons. The summed E-state index contributed by atoms with van der Waals surface area (Å²) in [5.41, 5.74) is 9.30. The molecule has 3 rings (SSSR count). The standard InChI is InChI=1S/C14H10BrClN4/c15-9-3-4-10(11(16)6-9)13-12(14(17)20-19-13)8-2-1-5-18-7-8/h1-7H,(H3,17,19,20). The second-order valence-electron chi connectivity index (χ2n) is 4.22. The molecule has 3 N–H and O–H groups in total. The number of hydrogen-bond donors (Lipinski definition) is 2. The molecule has 0 aliphatic carbocycles. The lowest BCUT2D eigenvalue weighted by Crippen LogP contribution is -1.89. The summed E-state index contributed by atoms with van der Waals surface area (Å²) in [7, 11) is 0. The first-order valence-electron chi connectivity index (χ1n) is 5.86. The fraction of sp³-hybridized carbons (Fsp3) is 0. The Hall–Kier alpha value is -1.85. The van der Waals surface area contributed by atoms with Crippen LogP contribution in [0.2, 0.25) is 5.02 Å².